The summed E-state index contributed by atoms with van der Waals surface area (Å²) in [7, 11) is 1.58. The summed E-state index contributed by atoms with van der Waals surface area (Å²) in [5, 5.41) is 4.41. The summed E-state index contributed by atoms with van der Waals surface area (Å²) in [6, 6.07) is 12.8. The largest absolute Gasteiger partial charge is 0.497 e. The maximum absolute atomic E-state index is 13.7. The van der Waals surface area contributed by atoms with Crippen molar-refractivity contribution in [1.82, 2.24) is 9.78 Å². The lowest BCUT2D eigenvalue weighted by Gasteiger charge is -2.31. The summed E-state index contributed by atoms with van der Waals surface area (Å²) in [4.78, 5) is 41.8. The van der Waals surface area contributed by atoms with Crippen LogP contribution in [0.4, 0.5) is 11.4 Å². The number of hydrogen-bond donors (Lipinski definition) is 1. The highest BCUT2D eigenvalue weighted by Gasteiger charge is 2.35. The molecule has 0 saturated carbocycles. The van der Waals surface area contributed by atoms with Crippen LogP contribution >= 0.6 is 0 Å². The molecule has 9 nitrogen and oxygen atoms in total. The SMILES string of the molecule is COc1ccc(-n2nc(C(N)=O)c3c2C(=O)N(c2ccc(N4CCCCC4=O)c(C)c2)CC3)cc1. The first-order valence-corrected chi connectivity index (χ1v) is 11.7. The van der Waals surface area contributed by atoms with E-state index >= 15 is 0 Å². The first kappa shape index (κ1) is 22.6. The Morgan fingerprint density at radius 3 is 2.37 bits per heavy atom. The van der Waals surface area contributed by atoms with Gasteiger partial charge in [-0.15, -0.1) is 0 Å². The second kappa shape index (κ2) is 8.90. The van der Waals surface area contributed by atoms with Gasteiger partial charge in [0.05, 0.1) is 12.8 Å². The molecule has 1 aromatic heterocycles. The van der Waals surface area contributed by atoms with E-state index in [1.165, 1.54) is 4.68 Å². The highest BCUT2D eigenvalue weighted by Crippen LogP contribution is 2.32. The van der Waals surface area contributed by atoms with Gasteiger partial charge < -0.3 is 20.3 Å². The molecule has 9 heteroatoms. The van der Waals surface area contributed by atoms with Crippen molar-refractivity contribution < 1.29 is 19.1 Å². The van der Waals surface area contributed by atoms with E-state index in [4.69, 9.17) is 10.5 Å². The van der Waals surface area contributed by atoms with Gasteiger partial charge in [0, 0.05) is 36.4 Å². The summed E-state index contributed by atoms with van der Waals surface area (Å²) in [5.41, 5.74) is 9.74. The monoisotopic (exact) mass is 473 g/mol. The van der Waals surface area contributed by atoms with Crippen LogP contribution < -0.4 is 20.3 Å². The van der Waals surface area contributed by atoms with Gasteiger partial charge in [0.25, 0.3) is 11.8 Å². The lowest BCUT2D eigenvalue weighted by atomic mass is 10.0. The number of hydrogen-bond acceptors (Lipinski definition) is 5. The Kier molecular flexibility index (Phi) is 5.76. The quantitative estimate of drug-likeness (QED) is 0.612. The fourth-order valence-electron chi connectivity index (χ4n) is 4.89. The molecule has 0 aliphatic carbocycles. The second-order valence-corrected chi connectivity index (χ2v) is 8.83. The molecular formula is C26H27N5O4. The molecule has 3 amide bonds. The number of nitrogens with zero attached hydrogens (tertiary/aromatic N) is 4. The van der Waals surface area contributed by atoms with E-state index in [9.17, 15) is 14.4 Å². The molecule has 180 valence electrons. The summed E-state index contributed by atoms with van der Waals surface area (Å²) < 4.78 is 6.71. The van der Waals surface area contributed by atoms with Gasteiger partial charge in [-0.05, 0) is 74.2 Å². The van der Waals surface area contributed by atoms with Crippen molar-refractivity contribution in [3.63, 3.8) is 0 Å². The summed E-state index contributed by atoms with van der Waals surface area (Å²) >= 11 is 0. The second-order valence-electron chi connectivity index (χ2n) is 8.83. The Morgan fingerprint density at radius 2 is 1.71 bits per heavy atom. The zero-order valence-corrected chi connectivity index (χ0v) is 19.8. The molecule has 2 aliphatic rings. The van der Waals surface area contributed by atoms with Gasteiger partial charge in [-0.2, -0.15) is 5.10 Å². The minimum atomic E-state index is -0.666. The predicted molar refractivity (Wildman–Crippen MR) is 131 cm³/mol. The minimum Gasteiger partial charge on any atom is -0.497 e. The molecule has 0 bridgehead atoms. The Hall–Kier alpha value is -4.14. The number of ether oxygens (including phenoxy) is 1. The number of nitrogens with two attached hydrogens (primary N) is 1. The lowest BCUT2D eigenvalue weighted by molar-refractivity contribution is -0.119. The fourth-order valence-corrected chi connectivity index (χ4v) is 4.89. The van der Waals surface area contributed by atoms with E-state index in [1.54, 1.807) is 36.3 Å². The molecule has 1 fully saturated rings. The number of aryl methyl sites for hydroxylation is 1. The molecule has 35 heavy (non-hydrogen) atoms. The van der Waals surface area contributed by atoms with Gasteiger partial charge in [0.1, 0.15) is 11.4 Å². The van der Waals surface area contributed by atoms with Crippen molar-refractivity contribution in [2.24, 2.45) is 5.73 Å². The van der Waals surface area contributed by atoms with Gasteiger partial charge in [-0.3, -0.25) is 14.4 Å². The average molecular weight is 474 g/mol. The van der Waals surface area contributed by atoms with Crippen LogP contribution in [0.3, 0.4) is 0 Å². The molecule has 0 unspecified atom stereocenters. The third kappa shape index (κ3) is 3.92. The average Bonchev–Trinajstić information content (AvgIpc) is 3.26. The van der Waals surface area contributed by atoms with Crippen LogP contribution in [0.15, 0.2) is 42.5 Å². The number of piperidine rings is 1. The van der Waals surface area contributed by atoms with Crippen molar-refractivity contribution in [2.45, 2.75) is 32.6 Å². The number of benzene rings is 2. The minimum absolute atomic E-state index is 0.110. The van der Waals surface area contributed by atoms with E-state index in [0.29, 0.717) is 48.6 Å². The van der Waals surface area contributed by atoms with Crippen LogP contribution in [0.25, 0.3) is 5.69 Å². The van der Waals surface area contributed by atoms with Crippen LogP contribution in [0.5, 0.6) is 5.75 Å². The molecule has 0 atom stereocenters. The van der Waals surface area contributed by atoms with Crippen LogP contribution in [-0.4, -0.2) is 47.7 Å². The fraction of sp³-hybridized carbons (Fsp3) is 0.308. The molecule has 5 rings (SSSR count). The standard InChI is InChI=1S/C26H27N5O4/c1-16-15-18(8-11-21(16)30-13-4-3-5-22(30)32)29-14-12-20-23(25(27)33)28-31(24(20)26(29)34)17-6-9-19(35-2)10-7-17/h6-11,15H,3-5,12-14H2,1-2H3,(H2,27,33). The third-order valence-corrected chi connectivity index (χ3v) is 6.67. The van der Waals surface area contributed by atoms with Crippen molar-refractivity contribution in [1.29, 1.82) is 0 Å². The molecular weight excluding hydrogens is 446 g/mol. The number of anilines is 2. The van der Waals surface area contributed by atoms with E-state index in [0.717, 1.165) is 29.8 Å². The number of primary amides is 1. The number of methoxy groups -OCH3 is 1. The maximum atomic E-state index is 13.7. The third-order valence-electron chi connectivity index (χ3n) is 6.67. The molecule has 3 heterocycles. The predicted octanol–water partition coefficient (Wildman–Crippen LogP) is 3.01. The van der Waals surface area contributed by atoms with Crippen LogP contribution in [-0.2, 0) is 11.2 Å². The van der Waals surface area contributed by atoms with Gasteiger partial charge in [0.2, 0.25) is 5.91 Å². The Morgan fingerprint density at radius 1 is 0.971 bits per heavy atom. The Balaban J connectivity index is 1.52. The van der Waals surface area contributed by atoms with Crippen molar-refractivity contribution >= 4 is 29.1 Å². The summed E-state index contributed by atoms with van der Waals surface area (Å²) in [5.74, 6) is -0.127. The number of fused-ring (bicyclic) bond motifs is 1. The van der Waals surface area contributed by atoms with E-state index in [1.807, 2.05) is 30.0 Å². The van der Waals surface area contributed by atoms with Crippen LogP contribution in [0, 0.1) is 6.92 Å². The molecule has 2 aromatic carbocycles. The van der Waals surface area contributed by atoms with Crippen molar-refractivity contribution in [3.8, 4) is 11.4 Å². The van der Waals surface area contributed by atoms with Crippen molar-refractivity contribution in [2.75, 3.05) is 30.0 Å². The smallest absolute Gasteiger partial charge is 0.277 e. The topological polar surface area (TPSA) is 111 Å². The van der Waals surface area contributed by atoms with Gasteiger partial charge in [-0.25, -0.2) is 4.68 Å². The molecule has 2 aliphatic heterocycles. The Bertz CT molecular complexity index is 1330. The van der Waals surface area contributed by atoms with E-state index in [2.05, 4.69) is 5.10 Å². The van der Waals surface area contributed by atoms with Crippen LogP contribution in [0.1, 0.15) is 51.4 Å². The van der Waals surface area contributed by atoms with Gasteiger partial charge in [-0.1, -0.05) is 0 Å². The maximum Gasteiger partial charge on any atom is 0.277 e. The molecule has 3 aromatic rings. The normalized spacial score (nSPS) is 15.8. The number of rotatable bonds is 5. The first-order chi connectivity index (χ1) is 16.9. The van der Waals surface area contributed by atoms with Gasteiger partial charge in [0.15, 0.2) is 5.69 Å². The zero-order valence-electron chi connectivity index (χ0n) is 19.8. The molecule has 2 N–H and O–H groups in total. The lowest BCUT2D eigenvalue weighted by Crippen LogP contribution is -2.39. The number of aromatic nitrogens is 2. The summed E-state index contributed by atoms with van der Waals surface area (Å²) in [6.07, 6.45) is 2.91. The van der Waals surface area contributed by atoms with E-state index in [-0.39, 0.29) is 17.5 Å². The molecule has 1 saturated heterocycles. The highest BCUT2D eigenvalue weighted by atomic mass is 16.5. The van der Waals surface area contributed by atoms with Crippen LogP contribution in [0.2, 0.25) is 0 Å². The first-order valence-electron chi connectivity index (χ1n) is 11.7. The molecule has 0 spiro atoms. The Labute approximate surface area is 203 Å². The summed E-state index contributed by atoms with van der Waals surface area (Å²) in [6.45, 7) is 3.05. The zero-order chi connectivity index (χ0) is 24.7. The number of carbonyl (C=O) groups excluding carboxylic acids is 3. The number of amides is 3. The highest BCUT2D eigenvalue weighted by molar-refractivity contribution is 6.09. The van der Waals surface area contributed by atoms with E-state index < -0.39 is 5.91 Å². The number of carbonyl (C=O) groups is 3. The van der Waals surface area contributed by atoms with Gasteiger partial charge >= 0.3 is 0 Å². The van der Waals surface area contributed by atoms with Crippen molar-refractivity contribution in [3.05, 3.63) is 65.0 Å². The molecule has 0 radical (unpaired) electrons.